The van der Waals surface area contributed by atoms with Crippen molar-refractivity contribution in [2.24, 2.45) is 0 Å². The molecule has 0 bridgehead atoms. The van der Waals surface area contributed by atoms with Crippen LogP contribution in [0.5, 0.6) is 0 Å². The molecule has 1 aliphatic rings. The SMILES string of the molecule is CN1CC=C(c2ccccc2)[C@@H](O)C1. The summed E-state index contributed by atoms with van der Waals surface area (Å²) in [5.74, 6) is 0. The first-order chi connectivity index (χ1) is 6.77. The fourth-order valence-corrected chi connectivity index (χ4v) is 1.80. The summed E-state index contributed by atoms with van der Waals surface area (Å²) in [7, 11) is 2.02. The zero-order valence-electron chi connectivity index (χ0n) is 8.35. The van der Waals surface area contributed by atoms with Gasteiger partial charge in [-0.2, -0.15) is 0 Å². The van der Waals surface area contributed by atoms with Gasteiger partial charge < -0.3 is 5.11 Å². The quantitative estimate of drug-likeness (QED) is 0.721. The number of aliphatic hydroxyl groups is 1. The van der Waals surface area contributed by atoms with Crippen LogP contribution in [0.15, 0.2) is 36.4 Å². The zero-order chi connectivity index (χ0) is 9.97. The summed E-state index contributed by atoms with van der Waals surface area (Å²) in [6.07, 6.45) is 1.75. The molecule has 0 radical (unpaired) electrons. The Morgan fingerprint density at radius 2 is 2.00 bits per heavy atom. The minimum absolute atomic E-state index is 0.351. The van der Waals surface area contributed by atoms with Crippen molar-refractivity contribution in [3.8, 4) is 0 Å². The fourth-order valence-electron chi connectivity index (χ4n) is 1.80. The van der Waals surface area contributed by atoms with Crippen molar-refractivity contribution in [2.75, 3.05) is 20.1 Å². The van der Waals surface area contributed by atoms with E-state index in [1.165, 1.54) is 0 Å². The molecule has 1 N–H and O–H groups in total. The third-order valence-electron chi connectivity index (χ3n) is 2.57. The zero-order valence-corrected chi connectivity index (χ0v) is 8.35. The second-order valence-electron chi connectivity index (χ2n) is 3.76. The molecule has 0 aromatic heterocycles. The number of benzene rings is 1. The van der Waals surface area contributed by atoms with Gasteiger partial charge in [-0.15, -0.1) is 0 Å². The minimum Gasteiger partial charge on any atom is -0.387 e. The van der Waals surface area contributed by atoms with Gasteiger partial charge in [0.2, 0.25) is 0 Å². The first kappa shape index (κ1) is 9.44. The molecule has 0 saturated heterocycles. The molecule has 0 saturated carbocycles. The van der Waals surface area contributed by atoms with Crippen molar-refractivity contribution < 1.29 is 5.11 Å². The molecule has 1 aromatic carbocycles. The average molecular weight is 189 g/mol. The summed E-state index contributed by atoms with van der Waals surface area (Å²) in [6.45, 7) is 1.64. The predicted octanol–water partition coefficient (Wildman–Crippen LogP) is 1.38. The smallest absolute Gasteiger partial charge is 0.0920 e. The van der Waals surface area contributed by atoms with E-state index in [0.29, 0.717) is 0 Å². The Hall–Kier alpha value is -1.12. The molecule has 1 heterocycles. The lowest BCUT2D eigenvalue weighted by Gasteiger charge is -2.27. The maximum atomic E-state index is 9.88. The summed E-state index contributed by atoms with van der Waals surface area (Å²) < 4.78 is 0. The highest BCUT2D eigenvalue weighted by Gasteiger charge is 2.18. The van der Waals surface area contributed by atoms with Gasteiger partial charge >= 0.3 is 0 Å². The maximum Gasteiger partial charge on any atom is 0.0920 e. The van der Waals surface area contributed by atoms with Gasteiger partial charge in [0, 0.05) is 13.1 Å². The van der Waals surface area contributed by atoms with Crippen molar-refractivity contribution in [3.05, 3.63) is 42.0 Å². The van der Waals surface area contributed by atoms with Crippen LogP contribution in [-0.4, -0.2) is 36.2 Å². The molecule has 0 spiro atoms. The third-order valence-corrected chi connectivity index (χ3v) is 2.57. The average Bonchev–Trinajstić information content (AvgIpc) is 2.19. The van der Waals surface area contributed by atoms with E-state index in [1.807, 2.05) is 37.4 Å². The van der Waals surface area contributed by atoms with Crippen LogP contribution in [0.4, 0.5) is 0 Å². The summed E-state index contributed by atoms with van der Waals surface area (Å²) in [5.41, 5.74) is 2.19. The predicted molar refractivity (Wildman–Crippen MR) is 57.9 cm³/mol. The molecule has 0 unspecified atom stereocenters. The Morgan fingerprint density at radius 3 is 2.64 bits per heavy atom. The Labute approximate surface area is 84.5 Å². The van der Waals surface area contributed by atoms with Crippen LogP contribution in [0.3, 0.4) is 0 Å². The standard InChI is InChI=1S/C12H15NO/c1-13-8-7-11(12(14)9-13)10-5-3-2-4-6-10/h2-7,12,14H,8-9H2,1H3/t12-/m0/s1. The van der Waals surface area contributed by atoms with E-state index < -0.39 is 0 Å². The third kappa shape index (κ3) is 1.86. The van der Waals surface area contributed by atoms with Crippen molar-refractivity contribution in [1.82, 2.24) is 4.90 Å². The number of nitrogens with zero attached hydrogens (tertiary/aromatic N) is 1. The fraction of sp³-hybridized carbons (Fsp3) is 0.333. The molecule has 1 atom stereocenters. The van der Waals surface area contributed by atoms with Gasteiger partial charge in [0.1, 0.15) is 0 Å². The van der Waals surface area contributed by atoms with E-state index in [9.17, 15) is 5.11 Å². The molecular formula is C12H15NO. The largest absolute Gasteiger partial charge is 0.387 e. The lowest BCUT2D eigenvalue weighted by Crippen LogP contribution is -2.34. The lowest BCUT2D eigenvalue weighted by atomic mass is 9.97. The Bertz CT molecular complexity index is 331. The Kier molecular flexibility index (Phi) is 2.66. The van der Waals surface area contributed by atoms with Gasteiger partial charge in [-0.25, -0.2) is 0 Å². The highest BCUT2D eigenvalue weighted by atomic mass is 16.3. The van der Waals surface area contributed by atoms with Crippen LogP contribution >= 0.6 is 0 Å². The topological polar surface area (TPSA) is 23.5 Å². The maximum absolute atomic E-state index is 9.88. The molecule has 0 fully saturated rings. The summed E-state index contributed by atoms with van der Waals surface area (Å²) in [5, 5.41) is 9.88. The van der Waals surface area contributed by atoms with E-state index >= 15 is 0 Å². The van der Waals surface area contributed by atoms with Gasteiger partial charge in [-0.1, -0.05) is 36.4 Å². The molecular weight excluding hydrogens is 174 g/mol. The van der Waals surface area contributed by atoms with Crippen molar-refractivity contribution in [1.29, 1.82) is 0 Å². The molecule has 14 heavy (non-hydrogen) atoms. The van der Waals surface area contributed by atoms with Gasteiger partial charge in [0.15, 0.2) is 0 Å². The summed E-state index contributed by atoms with van der Waals surface area (Å²) >= 11 is 0. The van der Waals surface area contributed by atoms with Gasteiger partial charge in [0.25, 0.3) is 0 Å². The van der Waals surface area contributed by atoms with E-state index in [-0.39, 0.29) is 6.10 Å². The molecule has 74 valence electrons. The number of likely N-dealkylation sites (N-methyl/N-ethyl adjacent to an activating group) is 1. The molecule has 2 rings (SSSR count). The van der Waals surface area contributed by atoms with Crippen LogP contribution in [0.25, 0.3) is 5.57 Å². The summed E-state index contributed by atoms with van der Waals surface area (Å²) in [6, 6.07) is 10.1. The van der Waals surface area contributed by atoms with Crippen LogP contribution in [0.2, 0.25) is 0 Å². The van der Waals surface area contributed by atoms with Crippen LogP contribution in [0, 0.1) is 0 Å². The van der Waals surface area contributed by atoms with E-state index in [0.717, 1.165) is 24.2 Å². The van der Waals surface area contributed by atoms with Gasteiger partial charge in [-0.3, -0.25) is 4.90 Å². The minimum atomic E-state index is -0.351. The highest BCUT2D eigenvalue weighted by molar-refractivity contribution is 5.69. The van der Waals surface area contributed by atoms with Crippen LogP contribution < -0.4 is 0 Å². The van der Waals surface area contributed by atoms with E-state index in [4.69, 9.17) is 0 Å². The molecule has 2 heteroatoms. The van der Waals surface area contributed by atoms with Gasteiger partial charge in [0.05, 0.1) is 6.10 Å². The Morgan fingerprint density at radius 1 is 1.29 bits per heavy atom. The Balaban J connectivity index is 2.27. The number of hydrogen-bond acceptors (Lipinski definition) is 2. The molecule has 1 aromatic rings. The normalized spacial score (nSPS) is 23.3. The number of β-amino-alcohol motifs (C(OH)–C–C–N with tert-alkyl or cyclic N) is 1. The molecule has 0 amide bonds. The first-order valence-electron chi connectivity index (χ1n) is 4.89. The number of hydrogen-bond donors (Lipinski definition) is 1. The van der Waals surface area contributed by atoms with E-state index in [1.54, 1.807) is 0 Å². The second-order valence-corrected chi connectivity index (χ2v) is 3.76. The lowest BCUT2D eigenvalue weighted by molar-refractivity contribution is 0.170. The molecule has 1 aliphatic heterocycles. The van der Waals surface area contributed by atoms with Crippen molar-refractivity contribution in [2.45, 2.75) is 6.10 Å². The molecule has 0 aliphatic carbocycles. The van der Waals surface area contributed by atoms with Crippen molar-refractivity contribution in [3.63, 3.8) is 0 Å². The number of rotatable bonds is 1. The first-order valence-corrected chi connectivity index (χ1v) is 4.89. The number of aliphatic hydroxyl groups excluding tert-OH is 1. The van der Waals surface area contributed by atoms with E-state index in [2.05, 4.69) is 11.0 Å². The highest BCUT2D eigenvalue weighted by Crippen LogP contribution is 2.21. The molecule has 2 nitrogen and oxygen atoms in total. The van der Waals surface area contributed by atoms with Crippen molar-refractivity contribution >= 4 is 5.57 Å². The second kappa shape index (κ2) is 3.95. The van der Waals surface area contributed by atoms with Crippen LogP contribution in [-0.2, 0) is 0 Å². The van der Waals surface area contributed by atoms with Crippen LogP contribution in [0.1, 0.15) is 5.56 Å². The van der Waals surface area contributed by atoms with Gasteiger partial charge in [-0.05, 0) is 18.2 Å². The summed E-state index contributed by atoms with van der Waals surface area (Å²) in [4.78, 5) is 2.11. The monoisotopic (exact) mass is 189 g/mol.